The molecule has 0 radical (unpaired) electrons. The molecule has 1 heterocycles. The van der Waals surface area contributed by atoms with Gasteiger partial charge in [-0.15, -0.1) is 0 Å². The van der Waals surface area contributed by atoms with Crippen LogP contribution in [-0.4, -0.2) is 34.3 Å². The lowest BCUT2D eigenvalue weighted by molar-refractivity contribution is -0.156. The lowest BCUT2D eigenvalue weighted by atomic mass is 9.76. The van der Waals surface area contributed by atoms with E-state index >= 15 is 0 Å². The molecule has 2 amide bonds. The lowest BCUT2D eigenvalue weighted by Gasteiger charge is -2.38. The fourth-order valence-electron chi connectivity index (χ4n) is 3.58. The first-order valence-corrected chi connectivity index (χ1v) is 7.03. The highest BCUT2D eigenvalue weighted by Gasteiger charge is 2.54. The van der Waals surface area contributed by atoms with Gasteiger partial charge >= 0.3 is 5.97 Å². The molecule has 3 fully saturated rings. The van der Waals surface area contributed by atoms with E-state index in [4.69, 9.17) is 5.11 Å². The van der Waals surface area contributed by atoms with Crippen molar-refractivity contribution in [2.75, 3.05) is 6.54 Å². The number of rotatable bonds is 3. The van der Waals surface area contributed by atoms with Crippen LogP contribution >= 0.6 is 0 Å². The number of aliphatic carboxylic acids is 1. The fraction of sp³-hybridized carbons (Fsp3) is 0.786. The van der Waals surface area contributed by atoms with Crippen molar-refractivity contribution in [3.8, 4) is 0 Å². The molecule has 0 aromatic heterocycles. The zero-order valence-electron chi connectivity index (χ0n) is 11.0. The molecular weight excluding hydrogens is 246 g/mol. The monoisotopic (exact) mass is 265 g/mol. The van der Waals surface area contributed by atoms with Crippen LogP contribution in [0, 0.1) is 10.8 Å². The first kappa shape index (κ1) is 12.6. The van der Waals surface area contributed by atoms with Crippen LogP contribution < -0.4 is 0 Å². The Balaban J connectivity index is 1.73. The van der Waals surface area contributed by atoms with Gasteiger partial charge in [-0.05, 0) is 31.1 Å². The molecule has 2 saturated carbocycles. The van der Waals surface area contributed by atoms with Crippen LogP contribution in [0.4, 0.5) is 0 Å². The predicted molar refractivity (Wildman–Crippen MR) is 66.2 cm³/mol. The average Bonchev–Trinajstić information content (AvgIpc) is 3.01. The number of piperidine rings is 1. The van der Waals surface area contributed by atoms with Crippen LogP contribution in [0.2, 0.25) is 0 Å². The summed E-state index contributed by atoms with van der Waals surface area (Å²) in [5, 5.41) is 9.16. The maximum absolute atomic E-state index is 12.2. The summed E-state index contributed by atoms with van der Waals surface area (Å²) < 4.78 is 0. The highest BCUT2D eigenvalue weighted by atomic mass is 16.4. The molecule has 5 heteroatoms. The molecule has 3 rings (SSSR count). The van der Waals surface area contributed by atoms with Gasteiger partial charge in [0.2, 0.25) is 11.8 Å². The Bertz CT molecular complexity index is 426. The summed E-state index contributed by atoms with van der Waals surface area (Å²) in [5.74, 6) is -1.20. The van der Waals surface area contributed by atoms with Crippen molar-refractivity contribution in [2.24, 2.45) is 10.8 Å². The normalized spacial score (nSPS) is 27.9. The SMILES string of the molecule is O=C1CC2(CCCC2)CC(=O)N1CC1(C(=O)O)CC1. The maximum Gasteiger partial charge on any atom is 0.311 e. The van der Waals surface area contributed by atoms with Gasteiger partial charge in [-0.1, -0.05) is 12.8 Å². The van der Waals surface area contributed by atoms with Crippen molar-refractivity contribution < 1.29 is 19.5 Å². The second kappa shape index (κ2) is 4.05. The molecule has 0 aromatic rings. The van der Waals surface area contributed by atoms with Gasteiger partial charge < -0.3 is 5.11 Å². The van der Waals surface area contributed by atoms with Crippen LogP contribution in [0.1, 0.15) is 51.4 Å². The molecule has 1 N–H and O–H groups in total. The zero-order valence-corrected chi connectivity index (χ0v) is 11.0. The van der Waals surface area contributed by atoms with Crippen molar-refractivity contribution in [3.63, 3.8) is 0 Å². The van der Waals surface area contributed by atoms with E-state index in [-0.39, 0.29) is 23.8 Å². The average molecular weight is 265 g/mol. The van der Waals surface area contributed by atoms with Crippen molar-refractivity contribution in [3.05, 3.63) is 0 Å². The van der Waals surface area contributed by atoms with Gasteiger partial charge in [0.05, 0.1) is 5.41 Å². The molecule has 5 nitrogen and oxygen atoms in total. The molecular formula is C14H19NO4. The van der Waals surface area contributed by atoms with Gasteiger partial charge in [-0.25, -0.2) is 0 Å². The van der Waals surface area contributed by atoms with Crippen LogP contribution in [0.5, 0.6) is 0 Å². The van der Waals surface area contributed by atoms with Gasteiger partial charge in [0.15, 0.2) is 0 Å². The Morgan fingerprint density at radius 3 is 2.00 bits per heavy atom. The van der Waals surface area contributed by atoms with Crippen LogP contribution in [0.25, 0.3) is 0 Å². The standard InChI is InChI=1S/C14H19NO4/c16-10-7-13(3-1-2-4-13)8-11(17)15(10)9-14(5-6-14)12(18)19/h1-9H2,(H,18,19). The van der Waals surface area contributed by atoms with E-state index in [0.29, 0.717) is 25.7 Å². The minimum absolute atomic E-state index is 0.0794. The maximum atomic E-state index is 12.2. The van der Waals surface area contributed by atoms with E-state index in [1.165, 1.54) is 4.90 Å². The predicted octanol–water partition coefficient (Wildman–Crippen LogP) is 1.56. The van der Waals surface area contributed by atoms with Crippen LogP contribution in [-0.2, 0) is 14.4 Å². The second-order valence-corrected chi connectivity index (χ2v) is 6.52. The van der Waals surface area contributed by atoms with E-state index in [1.807, 2.05) is 0 Å². The van der Waals surface area contributed by atoms with Gasteiger partial charge in [0, 0.05) is 19.4 Å². The minimum atomic E-state index is -0.880. The molecule has 104 valence electrons. The Labute approximate surface area is 112 Å². The van der Waals surface area contributed by atoms with E-state index in [2.05, 4.69) is 0 Å². The Kier molecular flexibility index (Phi) is 2.69. The number of imide groups is 1. The second-order valence-electron chi connectivity index (χ2n) is 6.52. The third-order valence-corrected chi connectivity index (χ3v) is 5.09. The molecule has 1 aliphatic heterocycles. The summed E-state index contributed by atoms with van der Waals surface area (Å²) in [7, 11) is 0. The smallest absolute Gasteiger partial charge is 0.311 e. The van der Waals surface area contributed by atoms with Gasteiger partial charge in [0.1, 0.15) is 0 Å². The third-order valence-electron chi connectivity index (χ3n) is 5.09. The summed E-state index contributed by atoms with van der Waals surface area (Å²) in [6, 6.07) is 0. The largest absolute Gasteiger partial charge is 0.481 e. The quantitative estimate of drug-likeness (QED) is 0.786. The summed E-state index contributed by atoms with van der Waals surface area (Å²) in [5.41, 5.74) is -0.948. The number of carboxylic acids is 1. The number of nitrogens with zero attached hydrogens (tertiary/aromatic N) is 1. The topological polar surface area (TPSA) is 74.7 Å². The summed E-state index contributed by atoms with van der Waals surface area (Å²) in [6.07, 6.45) is 6.11. The molecule has 2 aliphatic carbocycles. The zero-order chi connectivity index (χ0) is 13.7. The molecule has 0 aromatic carbocycles. The van der Waals surface area contributed by atoms with Crippen LogP contribution in [0.15, 0.2) is 0 Å². The van der Waals surface area contributed by atoms with Crippen LogP contribution in [0.3, 0.4) is 0 Å². The minimum Gasteiger partial charge on any atom is -0.481 e. The summed E-state index contributed by atoms with van der Waals surface area (Å²) in [4.78, 5) is 36.8. The summed E-state index contributed by atoms with van der Waals surface area (Å²) >= 11 is 0. The number of carboxylic acid groups (broad SMARTS) is 1. The van der Waals surface area contributed by atoms with Crippen molar-refractivity contribution in [1.82, 2.24) is 4.90 Å². The first-order chi connectivity index (χ1) is 8.96. The third kappa shape index (κ3) is 2.05. The van der Waals surface area contributed by atoms with E-state index in [9.17, 15) is 14.4 Å². The number of carbonyl (C=O) groups excluding carboxylic acids is 2. The number of hydrogen-bond donors (Lipinski definition) is 1. The number of hydrogen-bond acceptors (Lipinski definition) is 3. The van der Waals surface area contributed by atoms with Gasteiger partial charge in [0.25, 0.3) is 0 Å². The molecule has 0 atom stereocenters. The molecule has 1 spiro atoms. The Morgan fingerprint density at radius 1 is 1.05 bits per heavy atom. The fourth-order valence-corrected chi connectivity index (χ4v) is 3.58. The molecule has 1 saturated heterocycles. The van der Waals surface area contributed by atoms with E-state index in [0.717, 1.165) is 25.7 Å². The summed E-state index contributed by atoms with van der Waals surface area (Å²) in [6.45, 7) is 0.0794. The molecule has 3 aliphatic rings. The van der Waals surface area contributed by atoms with Crippen molar-refractivity contribution >= 4 is 17.8 Å². The Hall–Kier alpha value is -1.39. The van der Waals surface area contributed by atoms with Crippen molar-refractivity contribution in [2.45, 2.75) is 51.4 Å². The number of carbonyl (C=O) groups is 3. The molecule has 19 heavy (non-hydrogen) atoms. The van der Waals surface area contributed by atoms with E-state index < -0.39 is 11.4 Å². The van der Waals surface area contributed by atoms with Gasteiger partial charge in [-0.2, -0.15) is 0 Å². The number of likely N-dealkylation sites (tertiary alicyclic amines) is 1. The molecule has 0 unspecified atom stereocenters. The highest BCUT2D eigenvalue weighted by Crippen LogP contribution is 2.50. The van der Waals surface area contributed by atoms with Gasteiger partial charge in [-0.3, -0.25) is 19.3 Å². The highest BCUT2D eigenvalue weighted by molar-refractivity contribution is 5.99. The lowest BCUT2D eigenvalue weighted by Crippen LogP contribution is -2.50. The molecule has 0 bridgehead atoms. The van der Waals surface area contributed by atoms with Crippen molar-refractivity contribution in [1.29, 1.82) is 0 Å². The Morgan fingerprint density at radius 2 is 1.58 bits per heavy atom. The number of amides is 2. The first-order valence-electron chi connectivity index (χ1n) is 7.03. The van der Waals surface area contributed by atoms with E-state index in [1.54, 1.807) is 0 Å².